The number of aryl methyl sites for hydroxylation is 2. The number of nitrogens with one attached hydrogen (secondary N) is 1. The molecule has 0 heterocycles. The van der Waals surface area contributed by atoms with Gasteiger partial charge in [0, 0.05) is 5.69 Å². The Bertz CT molecular complexity index is 682. The molecule has 0 spiro atoms. The number of nitrogens with two attached hydrogens (primary N) is 1. The van der Waals surface area contributed by atoms with Gasteiger partial charge in [-0.1, -0.05) is 24.3 Å². The standard InChI is InChI=1S/C17H19FN2O/c1-10-6-4-5-7-14(10)12(3)20-17(21)15-9-13(19)8-11(2)16(15)18/h4-9,12H,19H2,1-3H3,(H,20,21). The summed E-state index contributed by atoms with van der Waals surface area (Å²) >= 11 is 0. The SMILES string of the molecule is Cc1ccccc1C(C)NC(=O)c1cc(N)cc(C)c1F. The van der Waals surface area contributed by atoms with Crippen LogP contribution in [-0.4, -0.2) is 5.91 Å². The maximum atomic E-state index is 14.0. The Kier molecular flexibility index (Phi) is 4.26. The highest BCUT2D eigenvalue weighted by atomic mass is 19.1. The van der Waals surface area contributed by atoms with Gasteiger partial charge < -0.3 is 11.1 Å². The Morgan fingerprint density at radius 2 is 1.86 bits per heavy atom. The maximum absolute atomic E-state index is 14.0. The average Bonchev–Trinajstić information content (AvgIpc) is 2.43. The molecule has 0 fully saturated rings. The fourth-order valence-electron chi connectivity index (χ4n) is 2.39. The topological polar surface area (TPSA) is 55.1 Å². The van der Waals surface area contributed by atoms with Crippen molar-refractivity contribution < 1.29 is 9.18 Å². The van der Waals surface area contributed by atoms with E-state index in [1.807, 2.05) is 38.1 Å². The molecule has 0 aromatic heterocycles. The van der Waals surface area contributed by atoms with E-state index in [1.54, 1.807) is 6.92 Å². The second-order valence-corrected chi connectivity index (χ2v) is 5.25. The van der Waals surface area contributed by atoms with Crippen LogP contribution >= 0.6 is 0 Å². The molecule has 3 N–H and O–H groups in total. The highest BCUT2D eigenvalue weighted by Crippen LogP contribution is 2.20. The third-order valence-corrected chi connectivity index (χ3v) is 3.52. The van der Waals surface area contributed by atoms with Gasteiger partial charge in [0.25, 0.3) is 5.91 Å². The molecule has 0 radical (unpaired) electrons. The molecule has 1 unspecified atom stereocenters. The first-order chi connectivity index (χ1) is 9.90. The van der Waals surface area contributed by atoms with Crippen molar-refractivity contribution in [1.82, 2.24) is 5.32 Å². The third-order valence-electron chi connectivity index (χ3n) is 3.52. The minimum absolute atomic E-state index is 0.0204. The van der Waals surface area contributed by atoms with E-state index < -0.39 is 11.7 Å². The van der Waals surface area contributed by atoms with Gasteiger partial charge in [-0.2, -0.15) is 0 Å². The zero-order chi connectivity index (χ0) is 15.6. The van der Waals surface area contributed by atoms with Crippen LogP contribution in [0.1, 0.15) is 40.0 Å². The van der Waals surface area contributed by atoms with Crippen molar-refractivity contribution in [3.63, 3.8) is 0 Å². The van der Waals surface area contributed by atoms with E-state index in [2.05, 4.69) is 5.32 Å². The Balaban J connectivity index is 2.25. The lowest BCUT2D eigenvalue weighted by Gasteiger charge is -2.17. The number of rotatable bonds is 3. The zero-order valence-electron chi connectivity index (χ0n) is 12.4. The highest BCUT2D eigenvalue weighted by Gasteiger charge is 2.17. The summed E-state index contributed by atoms with van der Waals surface area (Å²) in [6, 6.07) is 10.4. The van der Waals surface area contributed by atoms with Crippen LogP contribution in [0.5, 0.6) is 0 Å². The predicted octanol–water partition coefficient (Wildman–Crippen LogP) is 3.52. The number of amides is 1. The van der Waals surface area contributed by atoms with Crippen LogP contribution in [0.2, 0.25) is 0 Å². The first-order valence-electron chi connectivity index (χ1n) is 6.82. The van der Waals surface area contributed by atoms with Gasteiger partial charge in [0.05, 0.1) is 11.6 Å². The van der Waals surface area contributed by atoms with Crippen LogP contribution in [0, 0.1) is 19.7 Å². The van der Waals surface area contributed by atoms with Crippen molar-refractivity contribution in [2.24, 2.45) is 0 Å². The number of benzene rings is 2. The number of halogens is 1. The lowest BCUT2D eigenvalue weighted by atomic mass is 10.0. The van der Waals surface area contributed by atoms with E-state index in [-0.39, 0.29) is 11.6 Å². The quantitative estimate of drug-likeness (QED) is 0.848. The number of hydrogen-bond acceptors (Lipinski definition) is 2. The molecule has 0 aliphatic carbocycles. The average molecular weight is 286 g/mol. The lowest BCUT2D eigenvalue weighted by Crippen LogP contribution is -2.28. The molecular formula is C17H19FN2O. The van der Waals surface area contributed by atoms with Crippen molar-refractivity contribution in [3.8, 4) is 0 Å². The van der Waals surface area contributed by atoms with Crippen LogP contribution in [-0.2, 0) is 0 Å². The second kappa shape index (κ2) is 5.95. The summed E-state index contributed by atoms with van der Waals surface area (Å²) in [6.45, 7) is 5.44. The van der Waals surface area contributed by atoms with E-state index in [0.29, 0.717) is 11.3 Å². The highest BCUT2D eigenvalue weighted by molar-refractivity contribution is 5.95. The van der Waals surface area contributed by atoms with Crippen molar-refractivity contribution in [3.05, 3.63) is 64.5 Å². The summed E-state index contributed by atoms with van der Waals surface area (Å²) in [7, 11) is 0. The molecule has 110 valence electrons. The molecule has 3 nitrogen and oxygen atoms in total. The Labute approximate surface area is 124 Å². The number of carbonyl (C=O) groups excluding carboxylic acids is 1. The number of hydrogen-bond donors (Lipinski definition) is 2. The monoisotopic (exact) mass is 286 g/mol. The van der Waals surface area contributed by atoms with Gasteiger partial charge in [0.15, 0.2) is 0 Å². The summed E-state index contributed by atoms with van der Waals surface area (Å²) in [6.07, 6.45) is 0. The molecule has 2 aromatic carbocycles. The first-order valence-corrected chi connectivity index (χ1v) is 6.82. The largest absolute Gasteiger partial charge is 0.399 e. The summed E-state index contributed by atoms with van der Waals surface area (Å²) < 4.78 is 14.0. The number of nitrogen functional groups attached to an aromatic ring is 1. The van der Waals surface area contributed by atoms with Crippen LogP contribution in [0.4, 0.5) is 10.1 Å². The molecule has 2 aromatic rings. The molecule has 4 heteroatoms. The normalized spacial score (nSPS) is 12.0. The lowest BCUT2D eigenvalue weighted by molar-refractivity contribution is 0.0935. The van der Waals surface area contributed by atoms with E-state index in [1.165, 1.54) is 12.1 Å². The molecule has 1 atom stereocenters. The Hall–Kier alpha value is -2.36. The van der Waals surface area contributed by atoms with E-state index in [4.69, 9.17) is 5.73 Å². The van der Waals surface area contributed by atoms with Crippen molar-refractivity contribution in [1.29, 1.82) is 0 Å². The third kappa shape index (κ3) is 3.21. The number of carbonyl (C=O) groups is 1. The van der Waals surface area contributed by atoms with Gasteiger partial charge in [-0.25, -0.2) is 4.39 Å². The fraction of sp³-hybridized carbons (Fsp3) is 0.235. The van der Waals surface area contributed by atoms with E-state index in [9.17, 15) is 9.18 Å². The van der Waals surface area contributed by atoms with Crippen molar-refractivity contribution >= 4 is 11.6 Å². The van der Waals surface area contributed by atoms with Crippen LogP contribution in [0.3, 0.4) is 0 Å². The van der Waals surface area contributed by atoms with Gasteiger partial charge in [0.1, 0.15) is 5.82 Å². The molecule has 2 rings (SSSR count). The molecule has 21 heavy (non-hydrogen) atoms. The van der Waals surface area contributed by atoms with E-state index >= 15 is 0 Å². The molecule has 0 bridgehead atoms. The van der Waals surface area contributed by atoms with Gasteiger partial charge in [0.2, 0.25) is 0 Å². The smallest absolute Gasteiger partial charge is 0.254 e. The van der Waals surface area contributed by atoms with Gasteiger partial charge >= 0.3 is 0 Å². The fourth-order valence-corrected chi connectivity index (χ4v) is 2.39. The molecule has 0 saturated heterocycles. The van der Waals surface area contributed by atoms with Crippen molar-refractivity contribution in [2.75, 3.05) is 5.73 Å². The predicted molar refractivity (Wildman–Crippen MR) is 82.6 cm³/mol. The van der Waals surface area contributed by atoms with Crippen LogP contribution in [0.25, 0.3) is 0 Å². The van der Waals surface area contributed by atoms with Gasteiger partial charge in [-0.15, -0.1) is 0 Å². The molecule has 0 aliphatic rings. The Morgan fingerprint density at radius 3 is 2.52 bits per heavy atom. The van der Waals surface area contributed by atoms with Crippen LogP contribution < -0.4 is 11.1 Å². The van der Waals surface area contributed by atoms with Gasteiger partial charge in [-0.3, -0.25) is 4.79 Å². The van der Waals surface area contributed by atoms with Crippen LogP contribution in [0.15, 0.2) is 36.4 Å². The molecule has 0 saturated carbocycles. The second-order valence-electron chi connectivity index (χ2n) is 5.25. The summed E-state index contributed by atoms with van der Waals surface area (Å²) in [4.78, 5) is 12.3. The molecule has 0 aliphatic heterocycles. The van der Waals surface area contributed by atoms with Crippen molar-refractivity contribution in [2.45, 2.75) is 26.8 Å². The first kappa shape index (κ1) is 15.0. The Morgan fingerprint density at radius 1 is 1.19 bits per heavy atom. The number of anilines is 1. The van der Waals surface area contributed by atoms with E-state index in [0.717, 1.165) is 11.1 Å². The summed E-state index contributed by atoms with van der Waals surface area (Å²) in [5, 5.41) is 2.81. The molecule has 1 amide bonds. The maximum Gasteiger partial charge on any atom is 0.254 e. The zero-order valence-corrected chi connectivity index (χ0v) is 12.4. The van der Waals surface area contributed by atoms with Gasteiger partial charge in [-0.05, 0) is 49.6 Å². The minimum atomic E-state index is -0.529. The summed E-state index contributed by atoms with van der Waals surface area (Å²) in [5.41, 5.74) is 8.49. The molecular weight excluding hydrogens is 267 g/mol. The minimum Gasteiger partial charge on any atom is -0.399 e. The summed E-state index contributed by atoms with van der Waals surface area (Å²) in [5.74, 6) is -0.989.